The summed E-state index contributed by atoms with van der Waals surface area (Å²) in [6.45, 7) is 0. The molecule has 0 aliphatic rings. The maximum absolute atomic E-state index is 8.81. The molecule has 0 atom stereocenters. The Balaban J connectivity index is 0.000000310. The third-order valence-electron chi connectivity index (χ3n) is 1.05. The Morgan fingerprint density at radius 3 is 1.77 bits per heavy atom. The van der Waals surface area contributed by atoms with Gasteiger partial charge in [0.15, 0.2) is 10.9 Å². The van der Waals surface area contributed by atoms with Gasteiger partial charge in [-0.15, -0.1) is 0 Å². The van der Waals surface area contributed by atoms with E-state index in [0.717, 1.165) is 0 Å². The summed E-state index contributed by atoms with van der Waals surface area (Å²) in [5.41, 5.74) is 1.25. The minimum atomic E-state index is -2.62. The molecule has 0 amide bonds. The molecule has 2 N–H and O–H groups in total. The van der Waals surface area contributed by atoms with Gasteiger partial charge in [0.1, 0.15) is 0 Å². The van der Waals surface area contributed by atoms with Crippen LogP contribution in [0.4, 0.5) is 0 Å². The SMILES string of the molecule is BrC(Br)c1ccccc1.N[SH](=O)=O. The minimum Gasteiger partial charge on any atom is -0.231 e. The van der Waals surface area contributed by atoms with Crippen LogP contribution >= 0.6 is 31.9 Å². The molecule has 0 aromatic heterocycles. The average molecular weight is 331 g/mol. The highest BCUT2D eigenvalue weighted by molar-refractivity contribution is 9.24. The Morgan fingerprint density at radius 2 is 1.54 bits per heavy atom. The normalized spacial score (nSPS) is 9.62. The second kappa shape index (κ2) is 7.49. The second-order valence-electron chi connectivity index (χ2n) is 2.00. The molecule has 0 saturated carbocycles. The van der Waals surface area contributed by atoms with Gasteiger partial charge in [0.2, 0.25) is 0 Å². The molecule has 0 aliphatic heterocycles. The molecule has 0 bridgehead atoms. The third-order valence-corrected chi connectivity index (χ3v) is 2.11. The molecule has 0 unspecified atom stereocenters. The van der Waals surface area contributed by atoms with Crippen molar-refractivity contribution in [3.05, 3.63) is 35.9 Å². The van der Waals surface area contributed by atoms with E-state index in [0.29, 0.717) is 0 Å². The highest BCUT2D eigenvalue weighted by Gasteiger charge is 1.97. The molecule has 0 fully saturated rings. The zero-order valence-electron chi connectivity index (χ0n) is 6.56. The number of halogens is 2. The van der Waals surface area contributed by atoms with Crippen LogP contribution in [0.1, 0.15) is 9.30 Å². The molecule has 74 valence electrons. The van der Waals surface area contributed by atoms with Gasteiger partial charge in [0.25, 0.3) is 0 Å². The van der Waals surface area contributed by atoms with Crippen molar-refractivity contribution < 1.29 is 8.42 Å². The van der Waals surface area contributed by atoms with Gasteiger partial charge in [-0.3, -0.25) is 0 Å². The van der Waals surface area contributed by atoms with Crippen LogP contribution in [0.25, 0.3) is 0 Å². The van der Waals surface area contributed by atoms with Gasteiger partial charge in [-0.05, 0) is 5.56 Å². The third kappa shape index (κ3) is 8.42. The zero-order valence-corrected chi connectivity index (χ0v) is 10.6. The van der Waals surface area contributed by atoms with Gasteiger partial charge >= 0.3 is 0 Å². The molecular formula is C7H9Br2NO2S. The van der Waals surface area contributed by atoms with Crippen molar-refractivity contribution in [1.29, 1.82) is 0 Å². The first-order valence-corrected chi connectivity index (χ1v) is 6.34. The van der Waals surface area contributed by atoms with Crippen LogP contribution in [0.5, 0.6) is 0 Å². The molecule has 0 aliphatic carbocycles. The summed E-state index contributed by atoms with van der Waals surface area (Å²) in [5, 5.41) is 4.06. The predicted molar refractivity (Wildman–Crippen MR) is 61.5 cm³/mol. The van der Waals surface area contributed by atoms with Crippen LogP contribution in [0.15, 0.2) is 30.3 Å². The van der Waals surface area contributed by atoms with Crippen LogP contribution in [0, 0.1) is 0 Å². The summed E-state index contributed by atoms with van der Waals surface area (Å²) in [7, 11) is -2.62. The average Bonchev–Trinajstić information content (AvgIpc) is 2.05. The lowest BCUT2D eigenvalue weighted by molar-refractivity contribution is 0.616. The number of thiol groups is 1. The van der Waals surface area contributed by atoms with Crippen LogP contribution in [0.2, 0.25) is 0 Å². The van der Waals surface area contributed by atoms with Gasteiger partial charge in [0.05, 0.1) is 3.74 Å². The second-order valence-corrected chi connectivity index (χ2v) is 5.63. The Morgan fingerprint density at radius 1 is 1.15 bits per heavy atom. The Bertz CT molecular complexity index is 293. The number of alkyl halides is 2. The van der Waals surface area contributed by atoms with Gasteiger partial charge in [-0.1, -0.05) is 62.2 Å². The van der Waals surface area contributed by atoms with Gasteiger partial charge in [0, 0.05) is 0 Å². The van der Waals surface area contributed by atoms with E-state index in [1.54, 1.807) is 0 Å². The molecule has 0 spiro atoms. The van der Waals surface area contributed by atoms with E-state index >= 15 is 0 Å². The molecular weight excluding hydrogens is 322 g/mol. The summed E-state index contributed by atoms with van der Waals surface area (Å²) in [5.74, 6) is 0. The lowest BCUT2D eigenvalue weighted by Gasteiger charge is -1.97. The van der Waals surface area contributed by atoms with Gasteiger partial charge < -0.3 is 0 Å². The van der Waals surface area contributed by atoms with Crippen molar-refractivity contribution in [3.63, 3.8) is 0 Å². The highest BCUT2D eigenvalue weighted by Crippen LogP contribution is 2.28. The fraction of sp³-hybridized carbons (Fsp3) is 0.143. The highest BCUT2D eigenvalue weighted by atomic mass is 79.9. The topological polar surface area (TPSA) is 60.2 Å². The first kappa shape index (κ1) is 13.1. The van der Waals surface area contributed by atoms with Crippen molar-refractivity contribution in [2.45, 2.75) is 3.74 Å². The van der Waals surface area contributed by atoms with Crippen molar-refractivity contribution in [1.82, 2.24) is 0 Å². The van der Waals surface area contributed by atoms with E-state index < -0.39 is 10.9 Å². The fourth-order valence-corrected chi connectivity index (χ4v) is 1.21. The van der Waals surface area contributed by atoms with Crippen LogP contribution < -0.4 is 5.14 Å². The molecule has 0 radical (unpaired) electrons. The van der Waals surface area contributed by atoms with Crippen LogP contribution in [-0.4, -0.2) is 8.42 Å². The molecule has 6 heteroatoms. The number of benzene rings is 1. The van der Waals surface area contributed by atoms with E-state index in [9.17, 15) is 0 Å². The zero-order chi connectivity index (χ0) is 10.3. The first-order chi connectivity index (χ1) is 6.04. The van der Waals surface area contributed by atoms with Gasteiger partial charge in [-0.2, -0.15) is 0 Å². The molecule has 13 heavy (non-hydrogen) atoms. The van der Waals surface area contributed by atoms with Crippen molar-refractivity contribution in [2.75, 3.05) is 0 Å². The molecule has 1 aromatic carbocycles. The molecule has 3 nitrogen and oxygen atoms in total. The lowest BCUT2D eigenvalue weighted by Crippen LogP contribution is -1.85. The monoisotopic (exact) mass is 329 g/mol. The van der Waals surface area contributed by atoms with E-state index in [4.69, 9.17) is 8.42 Å². The summed E-state index contributed by atoms with van der Waals surface area (Å²) >= 11 is 6.80. The van der Waals surface area contributed by atoms with E-state index in [2.05, 4.69) is 49.1 Å². The smallest absolute Gasteiger partial charge is 0.198 e. The first-order valence-electron chi connectivity index (χ1n) is 3.26. The molecule has 0 saturated heterocycles. The summed E-state index contributed by atoms with van der Waals surface area (Å²) in [6, 6.07) is 10.2. The Kier molecular flexibility index (Phi) is 7.54. The number of rotatable bonds is 1. The summed E-state index contributed by atoms with van der Waals surface area (Å²) in [4.78, 5) is 0. The Hall–Kier alpha value is 0.0900. The number of hydrogen-bond donors (Lipinski definition) is 2. The molecule has 1 rings (SSSR count). The maximum atomic E-state index is 8.81. The van der Waals surface area contributed by atoms with E-state index in [1.807, 2.05) is 18.2 Å². The largest absolute Gasteiger partial charge is 0.231 e. The van der Waals surface area contributed by atoms with Gasteiger partial charge in [-0.25, -0.2) is 13.6 Å². The fourth-order valence-electron chi connectivity index (χ4n) is 0.599. The molecule has 1 aromatic rings. The Labute approximate surface area is 95.7 Å². The predicted octanol–water partition coefficient (Wildman–Crippen LogP) is 1.95. The van der Waals surface area contributed by atoms with Crippen molar-refractivity contribution in [2.24, 2.45) is 5.14 Å². The van der Waals surface area contributed by atoms with Crippen LogP contribution in [-0.2, 0) is 10.9 Å². The summed E-state index contributed by atoms with van der Waals surface area (Å²) in [6.07, 6.45) is 0. The van der Waals surface area contributed by atoms with Crippen molar-refractivity contribution >= 4 is 42.8 Å². The lowest BCUT2D eigenvalue weighted by atomic mass is 10.2. The number of hydrogen-bond acceptors (Lipinski definition) is 2. The van der Waals surface area contributed by atoms with Crippen molar-refractivity contribution in [3.8, 4) is 0 Å². The standard InChI is InChI=1S/C7H6Br2.H3NO2S/c8-7(9)6-4-2-1-3-5-6;1-4(2)3/h1-5,7H;4H,(H2,1,2,3). The van der Waals surface area contributed by atoms with E-state index in [-0.39, 0.29) is 3.74 Å². The minimum absolute atomic E-state index is 0.284. The number of nitrogens with two attached hydrogens (primary N) is 1. The maximum Gasteiger partial charge on any atom is 0.198 e. The van der Waals surface area contributed by atoms with E-state index in [1.165, 1.54) is 5.56 Å². The quantitative estimate of drug-likeness (QED) is 0.610. The molecule has 0 heterocycles. The van der Waals surface area contributed by atoms with Crippen LogP contribution in [0.3, 0.4) is 0 Å². The summed E-state index contributed by atoms with van der Waals surface area (Å²) < 4.78 is 17.9.